The van der Waals surface area contributed by atoms with Crippen molar-refractivity contribution in [3.63, 3.8) is 0 Å². The van der Waals surface area contributed by atoms with Gasteiger partial charge >= 0.3 is 12.1 Å². The van der Waals surface area contributed by atoms with Crippen LogP contribution in [0.1, 0.15) is 18.4 Å². The van der Waals surface area contributed by atoms with Gasteiger partial charge in [-0.1, -0.05) is 29.3 Å². The molecule has 1 aromatic rings. The van der Waals surface area contributed by atoms with Gasteiger partial charge in [0.2, 0.25) is 0 Å². The van der Waals surface area contributed by atoms with Crippen LogP contribution in [-0.4, -0.2) is 56.4 Å². The van der Waals surface area contributed by atoms with Gasteiger partial charge in [0.25, 0.3) is 0 Å². The van der Waals surface area contributed by atoms with Gasteiger partial charge in [0, 0.05) is 23.0 Å². The zero-order chi connectivity index (χ0) is 18.2. The Hall–Kier alpha value is -1.50. The van der Waals surface area contributed by atoms with Crippen molar-refractivity contribution in [3.8, 4) is 0 Å². The second-order valence-corrected chi connectivity index (χ2v) is 6.69. The molecule has 0 saturated carbocycles. The summed E-state index contributed by atoms with van der Waals surface area (Å²) in [6.45, 7) is 3.04. The Morgan fingerprint density at radius 2 is 2.00 bits per heavy atom. The van der Waals surface area contributed by atoms with E-state index in [2.05, 4.69) is 10.2 Å². The molecular weight excluding hydrogens is 367 g/mol. The molecule has 1 aliphatic heterocycles. The van der Waals surface area contributed by atoms with Crippen LogP contribution in [0.4, 0.5) is 4.79 Å². The number of ether oxygens (including phenoxy) is 2. The van der Waals surface area contributed by atoms with E-state index in [9.17, 15) is 9.59 Å². The molecule has 0 bridgehead atoms. The Labute approximate surface area is 157 Å². The Morgan fingerprint density at radius 3 is 2.64 bits per heavy atom. The number of alkyl carbamates (subject to hydrolysis) is 1. The van der Waals surface area contributed by atoms with Crippen LogP contribution in [0.15, 0.2) is 18.2 Å². The van der Waals surface area contributed by atoms with E-state index < -0.39 is 18.1 Å². The molecule has 8 heteroatoms. The van der Waals surface area contributed by atoms with E-state index in [1.165, 1.54) is 20.0 Å². The van der Waals surface area contributed by atoms with Crippen molar-refractivity contribution < 1.29 is 19.1 Å². The first-order valence-corrected chi connectivity index (χ1v) is 8.92. The van der Waals surface area contributed by atoms with Gasteiger partial charge in [0.1, 0.15) is 12.6 Å². The molecular formula is C17H22Cl2N2O4. The van der Waals surface area contributed by atoms with E-state index in [1.54, 1.807) is 18.2 Å². The Kier molecular flexibility index (Phi) is 7.81. The first kappa shape index (κ1) is 19.8. The summed E-state index contributed by atoms with van der Waals surface area (Å²) >= 11 is 12.0. The predicted octanol–water partition coefficient (Wildman–Crippen LogP) is 2.90. The summed E-state index contributed by atoms with van der Waals surface area (Å²) in [5.74, 6) is -0.567. The van der Waals surface area contributed by atoms with E-state index in [0.717, 1.165) is 13.1 Å². The predicted molar refractivity (Wildman–Crippen MR) is 96.1 cm³/mol. The molecule has 1 aliphatic rings. The summed E-state index contributed by atoms with van der Waals surface area (Å²) < 4.78 is 9.91. The maximum atomic E-state index is 12.0. The molecule has 1 N–H and O–H groups in total. The minimum Gasteiger partial charge on any atom is -0.467 e. The third kappa shape index (κ3) is 6.38. The van der Waals surface area contributed by atoms with Crippen molar-refractivity contribution in [1.82, 2.24) is 10.2 Å². The van der Waals surface area contributed by atoms with Crippen LogP contribution in [-0.2, 0) is 20.7 Å². The van der Waals surface area contributed by atoms with Crippen LogP contribution in [0, 0.1) is 0 Å². The molecule has 1 atom stereocenters. The van der Waals surface area contributed by atoms with Gasteiger partial charge in [0.15, 0.2) is 0 Å². The number of rotatable bonds is 7. The number of methoxy groups -OCH3 is 1. The van der Waals surface area contributed by atoms with E-state index in [1.807, 2.05) is 0 Å². The summed E-state index contributed by atoms with van der Waals surface area (Å²) in [4.78, 5) is 26.1. The maximum Gasteiger partial charge on any atom is 0.407 e. The van der Waals surface area contributed by atoms with E-state index in [0.29, 0.717) is 22.2 Å². The van der Waals surface area contributed by atoms with Crippen molar-refractivity contribution in [2.45, 2.75) is 25.3 Å². The van der Waals surface area contributed by atoms with Crippen molar-refractivity contribution in [2.24, 2.45) is 0 Å². The molecule has 0 spiro atoms. The zero-order valence-corrected chi connectivity index (χ0v) is 15.6. The molecule has 1 fully saturated rings. The summed E-state index contributed by atoms with van der Waals surface area (Å²) in [5.41, 5.74) is 0.679. The first-order valence-electron chi connectivity index (χ1n) is 8.17. The number of hydrogen-bond donors (Lipinski definition) is 1. The summed E-state index contributed by atoms with van der Waals surface area (Å²) in [5, 5.41) is 3.46. The number of hydrogen-bond acceptors (Lipinski definition) is 5. The average molecular weight is 389 g/mol. The maximum absolute atomic E-state index is 12.0. The lowest BCUT2D eigenvalue weighted by Gasteiger charge is -2.18. The van der Waals surface area contributed by atoms with E-state index >= 15 is 0 Å². The lowest BCUT2D eigenvalue weighted by molar-refractivity contribution is -0.142. The van der Waals surface area contributed by atoms with Gasteiger partial charge in [-0.15, -0.1) is 0 Å². The van der Waals surface area contributed by atoms with Crippen LogP contribution in [0.25, 0.3) is 0 Å². The molecule has 25 heavy (non-hydrogen) atoms. The summed E-state index contributed by atoms with van der Waals surface area (Å²) in [7, 11) is 1.26. The van der Waals surface area contributed by atoms with Crippen LogP contribution in [0.5, 0.6) is 0 Å². The van der Waals surface area contributed by atoms with Gasteiger partial charge in [-0.3, -0.25) is 4.90 Å². The number of nitrogens with zero attached hydrogens (tertiary/aromatic N) is 1. The summed E-state index contributed by atoms with van der Waals surface area (Å²) in [6, 6.07) is 4.08. The minimum atomic E-state index is -0.886. The van der Waals surface area contributed by atoms with Crippen LogP contribution in [0.3, 0.4) is 0 Å². The largest absolute Gasteiger partial charge is 0.467 e. The molecule has 1 amide bonds. The molecule has 138 valence electrons. The fourth-order valence-corrected chi connectivity index (χ4v) is 3.19. The highest BCUT2D eigenvalue weighted by Gasteiger charge is 2.24. The number of carbonyl (C=O) groups is 2. The topological polar surface area (TPSA) is 67.9 Å². The van der Waals surface area contributed by atoms with Gasteiger partial charge < -0.3 is 14.8 Å². The number of nitrogens with one attached hydrogen (secondary N) is 1. The number of halogens is 2. The fourth-order valence-electron chi connectivity index (χ4n) is 2.70. The average Bonchev–Trinajstić information content (AvgIpc) is 3.09. The Balaban J connectivity index is 1.88. The van der Waals surface area contributed by atoms with E-state index in [-0.39, 0.29) is 13.0 Å². The summed E-state index contributed by atoms with van der Waals surface area (Å²) in [6.07, 6.45) is 1.89. The first-order chi connectivity index (χ1) is 12.0. The molecule has 1 aromatic carbocycles. The normalized spacial score (nSPS) is 15.6. The molecule has 0 radical (unpaired) electrons. The lowest BCUT2D eigenvalue weighted by Crippen LogP contribution is -2.43. The smallest absolute Gasteiger partial charge is 0.407 e. The quantitative estimate of drug-likeness (QED) is 0.727. The van der Waals surface area contributed by atoms with Crippen molar-refractivity contribution in [3.05, 3.63) is 33.8 Å². The standard InChI is InChI=1S/C17H22Cl2N2O4/c1-24-16(22)15(10-12-4-5-13(18)11-14(12)19)20-17(23)25-9-8-21-6-2-3-7-21/h4-5,11,15H,2-3,6-10H2,1H3,(H,20,23). The molecule has 2 rings (SSSR count). The Bertz CT molecular complexity index is 606. The minimum absolute atomic E-state index is 0.184. The van der Waals surface area contributed by atoms with Crippen molar-refractivity contribution in [2.75, 3.05) is 33.4 Å². The van der Waals surface area contributed by atoms with Gasteiger partial charge in [-0.2, -0.15) is 0 Å². The molecule has 1 unspecified atom stereocenters. The monoisotopic (exact) mass is 388 g/mol. The lowest BCUT2D eigenvalue weighted by atomic mass is 10.1. The third-order valence-corrected chi connectivity index (χ3v) is 4.64. The highest BCUT2D eigenvalue weighted by atomic mass is 35.5. The van der Waals surface area contributed by atoms with Crippen LogP contribution < -0.4 is 5.32 Å². The van der Waals surface area contributed by atoms with Gasteiger partial charge in [0.05, 0.1) is 7.11 Å². The number of amides is 1. The number of benzene rings is 1. The highest BCUT2D eigenvalue weighted by Crippen LogP contribution is 2.22. The fraction of sp³-hybridized carbons (Fsp3) is 0.529. The molecule has 1 saturated heterocycles. The molecule has 0 aromatic heterocycles. The number of carbonyl (C=O) groups excluding carboxylic acids is 2. The van der Waals surface area contributed by atoms with Gasteiger partial charge in [-0.05, 0) is 43.6 Å². The van der Waals surface area contributed by atoms with Crippen molar-refractivity contribution in [1.29, 1.82) is 0 Å². The van der Waals surface area contributed by atoms with E-state index in [4.69, 9.17) is 32.7 Å². The van der Waals surface area contributed by atoms with Crippen molar-refractivity contribution >= 4 is 35.3 Å². The highest BCUT2D eigenvalue weighted by molar-refractivity contribution is 6.35. The van der Waals surface area contributed by atoms with Crippen LogP contribution >= 0.6 is 23.2 Å². The molecule has 1 heterocycles. The number of likely N-dealkylation sites (tertiary alicyclic amines) is 1. The van der Waals surface area contributed by atoms with Crippen LogP contribution in [0.2, 0.25) is 10.0 Å². The second kappa shape index (κ2) is 9.85. The number of esters is 1. The van der Waals surface area contributed by atoms with Gasteiger partial charge in [-0.25, -0.2) is 9.59 Å². The zero-order valence-electron chi connectivity index (χ0n) is 14.1. The Morgan fingerprint density at radius 1 is 1.28 bits per heavy atom. The molecule has 0 aliphatic carbocycles. The third-order valence-electron chi connectivity index (χ3n) is 4.06. The SMILES string of the molecule is COC(=O)C(Cc1ccc(Cl)cc1Cl)NC(=O)OCCN1CCCC1. The molecule has 6 nitrogen and oxygen atoms in total. The second-order valence-electron chi connectivity index (χ2n) is 5.84.